The lowest BCUT2D eigenvalue weighted by Crippen LogP contribution is -2.54. The van der Waals surface area contributed by atoms with Gasteiger partial charge >= 0.3 is 12.4 Å². The van der Waals surface area contributed by atoms with Gasteiger partial charge in [0, 0.05) is 17.8 Å². The minimum Gasteiger partial charge on any atom is -0.406 e. The molecule has 0 radical (unpaired) electrons. The predicted octanol–water partition coefficient (Wildman–Crippen LogP) is 7.48. The predicted molar refractivity (Wildman–Crippen MR) is 170 cm³/mol. The highest BCUT2D eigenvalue weighted by Crippen LogP contribution is 2.46. The molecule has 1 saturated carbocycles. The van der Waals surface area contributed by atoms with Crippen LogP contribution >= 0.6 is 11.8 Å². The zero-order chi connectivity index (χ0) is 31.8. The summed E-state index contributed by atoms with van der Waals surface area (Å²) in [5.74, 6) is 1.52. The van der Waals surface area contributed by atoms with E-state index in [9.17, 15) is 18.0 Å². The highest BCUT2D eigenvalue weighted by molar-refractivity contribution is 8.00. The summed E-state index contributed by atoms with van der Waals surface area (Å²) in [5, 5.41) is 11.0. The van der Waals surface area contributed by atoms with Crippen molar-refractivity contribution in [1.82, 2.24) is 25.4 Å². The molecule has 0 bridgehead atoms. The van der Waals surface area contributed by atoms with Crippen molar-refractivity contribution in [2.45, 2.75) is 63.4 Å². The monoisotopic (exact) mass is 636 g/mol. The fourth-order valence-electron chi connectivity index (χ4n) is 5.91. The zero-order valence-electron chi connectivity index (χ0n) is 25.3. The minimum absolute atomic E-state index is 0.161. The summed E-state index contributed by atoms with van der Waals surface area (Å²) in [6, 6.07) is 19.4. The molecule has 1 saturated heterocycles. The summed E-state index contributed by atoms with van der Waals surface area (Å²) in [4.78, 5) is 20.1. The van der Waals surface area contributed by atoms with Crippen molar-refractivity contribution in [2.24, 2.45) is 0 Å². The van der Waals surface area contributed by atoms with Crippen LogP contribution in [0.3, 0.4) is 0 Å². The van der Waals surface area contributed by atoms with Crippen LogP contribution in [0.2, 0.25) is 0 Å². The third kappa shape index (κ3) is 6.90. The number of carbonyl (C=O) groups excluding carboxylic acids is 1. The molecular formula is C33H35F3N6O2S. The first kappa shape index (κ1) is 30.8. The van der Waals surface area contributed by atoms with Crippen LogP contribution in [0.15, 0.2) is 73.1 Å². The number of halogens is 3. The standard InChI is InChI=1S/C33H35F3N6O2S/c1-21(2)28-22(3)6-4-7-27(28)41-18-5-19-45-31(41)38-30(43)39-32(16-17-32)24-10-8-23(9-11-24)29-37-20-42(40-29)25-12-14-26(15-13-25)44-33(34,35)36/h4,6-15,20-21,31H,5,16-19H2,1-3H3,(H2,38,39,43). The number of anilines is 1. The van der Waals surface area contributed by atoms with Gasteiger partial charge in [0.25, 0.3) is 0 Å². The van der Waals surface area contributed by atoms with E-state index >= 15 is 0 Å². The van der Waals surface area contributed by atoms with E-state index in [1.165, 1.54) is 52.1 Å². The van der Waals surface area contributed by atoms with E-state index in [1.54, 1.807) is 11.8 Å². The second-order valence-corrected chi connectivity index (χ2v) is 12.9. The van der Waals surface area contributed by atoms with Crippen molar-refractivity contribution in [1.29, 1.82) is 0 Å². The molecule has 8 nitrogen and oxygen atoms in total. The Morgan fingerprint density at radius 1 is 1.07 bits per heavy atom. The number of alkyl halides is 3. The second kappa shape index (κ2) is 12.3. The molecule has 1 atom stereocenters. The lowest BCUT2D eigenvalue weighted by atomic mass is 9.95. The molecule has 4 aromatic rings. The van der Waals surface area contributed by atoms with Crippen LogP contribution in [-0.2, 0) is 5.54 Å². The molecule has 1 aliphatic carbocycles. The van der Waals surface area contributed by atoms with Gasteiger partial charge in [-0.05, 0) is 84.9 Å². The molecule has 6 rings (SSSR count). The molecule has 1 unspecified atom stereocenters. The Kier molecular flexibility index (Phi) is 8.43. The van der Waals surface area contributed by atoms with Crippen LogP contribution in [0.25, 0.3) is 17.1 Å². The van der Waals surface area contributed by atoms with Crippen LogP contribution in [0.1, 0.15) is 55.7 Å². The molecular weight excluding hydrogens is 601 g/mol. The number of benzene rings is 3. The Labute approximate surface area is 264 Å². The van der Waals surface area contributed by atoms with Gasteiger partial charge in [0.1, 0.15) is 12.1 Å². The number of rotatable bonds is 8. The first-order valence-corrected chi connectivity index (χ1v) is 16.0. The number of ether oxygens (including phenoxy) is 1. The Morgan fingerprint density at radius 2 is 1.80 bits per heavy atom. The average molecular weight is 637 g/mol. The number of thioether (sulfide) groups is 1. The molecule has 3 aromatic carbocycles. The smallest absolute Gasteiger partial charge is 0.406 e. The molecule has 2 aliphatic rings. The lowest BCUT2D eigenvalue weighted by molar-refractivity contribution is -0.274. The number of hydrogen-bond acceptors (Lipinski definition) is 6. The number of amides is 2. The number of nitrogens with one attached hydrogen (secondary N) is 2. The molecule has 0 spiro atoms. The maximum Gasteiger partial charge on any atom is 0.573 e. The van der Waals surface area contributed by atoms with E-state index in [0.717, 1.165) is 42.7 Å². The topological polar surface area (TPSA) is 84.3 Å². The number of aromatic nitrogens is 3. The van der Waals surface area contributed by atoms with Gasteiger partial charge in [0.05, 0.1) is 11.2 Å². The second-order valence-electron chi connectivity index (χ2n) is 11.7. The van der Waals surface area contributed by atoms with Crippen LogP contribution in [-0.4, -0.2) is 45.0 Å². The largest absolute Gasteiger partial charge is 0.573 e. The van der Waals surface area contributed by atoms with E-state index < -0.39 is 11.9 Å². The normalized spacial score (nSPS) is 17.7. The van der Waals surface area contributed by atoms with Crippen LogP contribution < -0.4 is 20.3 Å². The third-order valence-electron chi connectivity index (χ3n) is 8.17. The first-order chi connectivity index (χ1) is 21.5. The number of urea groups is 1. The van der Waals surface area contributed by atoms with Gasteiger partial charge in [-0.3, -0.25) is 0 Å². The molecule has 2 fully saturated rings. The van der Waals surface area contributed by atoms with E-state index in [-0.39, 0.29) is 17.3 Å². The molecule has 1 aliphatic heterocycles. The molecule has 2 heterocycles. The van der Waals surface area contributed by atoms with Gasteiger partial charge in [-0.25, -0.2) is 14.5 Å². The first-order valence-electron chi connectivity index (χ1n) is 15.0. The summed E-state index contributed by atoms with van der Waals surface area (Å²) in [5.41, 5.74) is 5.51. The molecule has 236 valence electrons. The Balaban J connectivity index is 1.11. The van der Waals surface area contributed by atoms with Crippen LogP contribution in [0.4, 0.5) is 23.7 Å². The average Bonchev–Trinajstić information content (AvgIpc) is 3.60. The summed E-state index contributed by atoms with van der Waals surface area (Å²) < 4.78 is 42.8. The van der Waals surface area contributed by atoms with E-state index in [1.807, 2.05) is 24.3 Å². The van der Waals surface area contributed by atoms with Gasteiger partial charge in [-0.2, -0.15) is 0 Å². The van der Waals surface area contributed by atoms with Crippen molar-refractivity contribution in [3.05, 3.63) is 89.7 Å². The molecule has 2 N–H and O–H groups in total. The molecule has 12 heteroatoms. The van der Waals surface area contributed by atoms with Gasteiger partial charge < -0.3 is 20.3 Å². The zero-order valence-corrected chi connectivity index (χ0v) is 26.1. The van der Waals surface area contributed by atoms with Gasteiger partial charge in [-0.1, -0.05) is 50.2 Å². The number of nitrogens with zero attached hydrogens (tertiary/aromatic N) is 4. The van der Waals surface area contributed by atoms with Crippen molar-refractivity contribution in [3.8, 4) is 22.8 Å². The fourth-order valence-corrected chi connectivity index (χ4v) is 7.01. The Hall–Kier alpha value is -4.19. The number of carbonyl (C=O) groups is 1. The highest BCUT2D eigenvalue weighted by Gasteiger charge is 2.46. The lowest BCUT2D eigenvalue weighted by Gasteiger charge is -2.39. The van der Waals surface area contributed by atoms with Crippen LogP contribution in [0.5, 0.6) is 5.75 Å². The Morgan fingerprint density at radius 3 is 2.47 bits per heavy atom. The SMILES string of the molecule is Cc1cccc(N2CCCSC2NC(=O)NC2(c3ccc(-c4ncn(-c5ccc(OC(F)(F)F)cc5)n4)cc3)CC2)c1C(C)C. The summed E-state index contributed by atoms with van der Waals surface area (Å²) in [6.07, 6.45) is -0.496. The number of hydrogen-bond donors (Lipinski definition) is 2. The van der Waals surface area contributed by atoms with Crippen molar-refractivity contribution in [2.75, 3.05) is 17.2 Å². The quantitative estimate of drug-likeness (QED) is 0.209. The van der Waals surface area contributed by atoms with E-state index in [2.05, 4.69) is 69.3 Å². The van der Waals surface area contributed by atoms with Crippen molar-refractivity contribution < 1.29 is 22.7 Å². The van der Waals surface area contributed by atoms with Gasteiger partial charge in [0.15, 0.2) is 11.3 Å². The summed E-state index contributed by atoms with van der Waals surface area (Å²) in [6.45, 7) is 7.45. The summed E-state index contributed by atoms with van der Waals surface area (Å²) >= 11 is 1.75. The van der Waals surface area contributed by atoms with Gasteiger partial charge in [-0.15, -0.1) is 30.0 Å². The summed E-state index contributed by atoms with van der Waals surface area (Å²) in [7, 11) is 0. The Bertz CT molecular complexity index is 1650. The fraction of sp³-hybridized carbons (Fsp3) is 0.364. The third-order valence-corrected chi connectivity index (χ3v) is 9.38. The number of aryl methyl sites for hydroxylation is 1. The van der Waals surface area contributed by atoms with Crippen molar-refractivity contribution in [3.63, 3.8) is 0 Å². The molecule has 1 aromatic heterocycles. The minimum atomic E-state index is -4.75. The highest BCUT2D eigenvalue weighted by atomic mass is 32.2. The van der Waals surface area contributed by atoms with Gasteiger partial charge in [0.2, 0.25) is 0 Å². The van der Waals surface area contributed by atoms with E-state index in [4.69, 9.17) is 0 Å². The van der Waals surface area contributed by atoms with E-state index in [0.29, 0.717) is 17.4 Å². The maximum absolute atomic E-state index is 13.4. The molecule has 45 heavy (non-hydrogen) atoms. The molecule has 2 amide bonds. The van der Waals surface area contributed by atoms with Crippen molar-refractivity contribution >= 4 is 23.5 Å². The maximum atomic E-state index is 13.4. The van der Waals surface area contributed by atoms with Crippen LogP contribution in [0, 0.1) is 6.92 Å².